The molecule has 130 valence electrons. The van der Waals surface area contributed by atoms with E-state index in [0.717, 1.165) is 0 Å². The van der Waals surface area contributed by atoms with Gasteiger partial charge in [-0.15, -0.1) is 0 Å². The van der Waals surface area contributed by atoms with Crippen molar-refractivity contribution in [2.24, 2.45) is 0 Å². The predicted octanol–water partition coefficient (Wildman–Crippen LogP) is 5.36. The Morgan fingerprint density at radius 3 is 2.73 bits per heavy atom. The number of halogens is 3. The molecule has 1 amide bonds. The molecule has 0 bridgehead atoms. The van der Waals surface area contributed by atoms with E-state index in [9.17, 15) is 14.4 Å². The monoisotopic (exact) mass is 432 g/mol. The molecular weight excluding hydrogens is 423 g/mol. The van der Waals surface area contributed by atoms with Crippen molar-refractivity contribution in [2.45, 2.75) is 6.92 Å². The second kappa shape index (κ2) is 7.28. The molecule has 0 aliphatic rings. The Balaban J connectivity index is 2.20. The van der Waals surface area contributed by atoms with Crippen molar-refractivity contribution < 1.29 is 9.18 Å². The van der Waals surface area contributed by atoms with Crippen molar-refractivity contribution in [2.75, 3.05) is 10.6 Å². The fourth-order valence-electron chi connectivity index (χ4n) is 2.47. The highest BCUT2D eigenvalue weighted by Gasteiger charge is 2.14. The van der Waals surface area contributed by atoms with Crippen LogP contribution in [0.4, 0.5) is 21.5 Å². The van der Waals surface area contributed by atoms with Crippen molar-refractivity contribution in [3.63, 3.8) is 0 Å². The van der Waals surface area contributed by atoms with Crippen LogP contribution in [0, 0.1) is 17.1 Å². The van der Waals surface area contributed by atoms with Crippen molar-refractivity contribution in [3.8, 4) is 6.07 Å². The molecule has 2 N–H and O–H groups in total. The van der Waals surface area contributed by atoms with Crippen LogP contribution in [0.1, 0.15) is 12.5 Å². The summed E-state index contributed by atoms with van der Waals surface area (Å²) in [6, 6.07) is 9.69. The van der Waals surface area contributed by atoms with Crippen molar-refractivity contribution in [3.05, 3.63) is 57.4 Å². The molecule has 0 radical (unpaired) electrons. The van der Waals surface area contributed by atoms with Crippen molar-refractivity contribution in [1.82, 2.24) is 4.98 Å². The number of amides is 1. The van der Waals surface area contributed by atoms with Gasteiger partial charge in [-0.05, 0) is 46.3 Å². The summed E-state index contributed by atoms with van der Waals surface area (Å²) >= 11 is 9.26. The number of nitrogens with one attached hydrogen (secondary N) is 2. The number of rotatable bonds is 3. The number of carbonyl (C=O) groups is 1. The third kappa shape index (κ3) is 3.62. The van der Waals surface area contributed by atoms with Crippen LogP contribution in [0.2, 0.25) is 5.02 Å². The van der Waals surface area contributed by atoms with E-state index in [4.69, 9.17) is 11.6 Å². The predicted molar refractivity (Wildman–Crippen MR) is 103 cm³/mol. The molecule has 5 nitrogen and oxygen atoms in total. The number of carbonyl (C=O) groups excluding carboxylic acids is 1. The summed E-state index contributed by atoms with van der Waals surface area (Å²) in [7, 11) is 0. The maximum atomic E-state index is 13.4. The fourth-order valence-corrected chi connectivity index (χ4v) is 3.22. The van der Waals surface area contributed by atoms with Crippen molar-refractivity contribution >= 4 is 61.4 Å². The lowest BCUT2D eigenvalue weighted by molar-refractivity contribution is -0.114. The van der Waals surface area contributed by atoms with E-state index < -0.39 is 5.82 Å². The molecule has 0 fully saturated rings. The van der Waals surface area contributed by atoms with E-state index in [0.29, 0.717) is 38.0 Å². The van der Waals surface area contributed by atoms with Gasteiger partial charge in [-0.2, -0.15) is 5.26 Å². The molecule has 0 aliphatic carbocycles. The average Bonchev–Trinajstić information content (AvgIpc) is 2.58. The largest absolute Gasteiger partial charge is 0.354 e. The molecule has 26 heavy (non-hydrogen) atoms. The third-order valence-corrected chi connectivity index (χ3v) is 4.45. The van der Waals surface area contributed by atoms with Crippen LogP contribution in [0.25, 0.3) is 10.9 Å². The SMILES string of the molecule is CC(=O)Nc1cc(Br)c2ncc(C#N)c(Nc3ccc(F)c(Cl)c3)c2c1. The molecular formula is C18H11BrClFN4O. The number of anilines is 3. The lowest BCUT2D eigenvalue weighted by atomic mass is 10.1. The first-order valence-corrected chi connectivity index (χ1v) is 8.58. The molecule has 0 saturated heterocycles. The van der Waals surface area contributed by atoms with Crippen LogP contribution in [-0.4, -0.2) is 10.9 Å². The van der Waals surface area contributed by atoms with Gasteiger partial charge in [0.25, 0.3) is 0 Å². The standard InChI is InChI=1S/C18H11BrClFN4O/c1-9(26)24-12-4-13-17(25-11-2-3-16(21)15(20)6-11)10(7-22)8-23-18(13)14(19)5-12/h2-6,8H,1H3,(H,23,25)(H,24,26). The van der Waals surface area contributed by atoms with Crippen LogP contribution in [0.15, 0.2) is 41.0 Å². The van der Waals surface area contributed by atoms with E-state index in [1.807, 2.05) is 0 Å². The number of hydrogen-bond acceptors (Lipinski definition) is 4. The highest BCUT2D eigenvalue weighted by Crippen LogP contribution is 2.35. The summed E-state index contributed by atoms with van der Waals surface area (Å²) < 4.78 is 14.1. The molecule has 8 heteroatoms. The third-order valence-electron chi connectivity index (χ3n) is 3.55. The van der Waals surface area contributed by atoms with E-state index >= 15 is 0 Å². The highest BCUT2D eigenvalue weighted by molar-refractivity contribution is 9.10. The number of pyridine rings is 1. The number of aromatic nitrogens is 1. The molecule has 0 spiro atoms. The number of nitrogens with zero attached hydrogens (tertiary/aromatic N) is 2. The summed E-state index contributed by atoms with van der Waals surface area (Å²) in [6.07, 6.45) is 1.44. The molecule has 0 aliphatic heterocycles. The van der Waals surface area contributed by atoms with Gasteiger partial charge >= 0.3 is 0 Å². The van der Waals surface area contributed by atoms with E-state index in [-0.39, 0.29) is 10.9 Å². The molecule has 1 aromatic heterocycles. The van der Waals surface area contributed by atoms with Crippen LogP contribution in [-0.2, 0) is 4.79 Å². The Kier molecular flexibility index (Phi) is 5.07. The first-order chi connectivity index (χ1) is 12.4. The van der Waals surface area contributed by atoms with Crippen LogP contribution in [0.5, 0.6) is 0 Å². The van der Waals surface area contributed by atoms with Crippen molar-refractivity contribution in [1.29, 1.82) is 5.26 Å². The first kappa shape index (κ1) is 18.1. The second-order valence-corrected chi connectivity index (χ2v) is 6.71. The lowest BCUT2D eigenvalue weighted by Crippen LogP contribution is -2.06. The average molecular weight is 434 g/mol. The minimum absolute atomic E-state index is 0.0352. The van der Waals surface area contributed by atoms with Gasteiger partial charge in [0.15, 0.2) is 0 Å². The summed E-state index contributed by atoms with van der Waals surface area (Å²) in [4.78, 5) is 15.7. The maximum Gasteiger partial charge on any atom is 0.221 e. The first-order valence-electron chi connectivity index (χ1n) is 7.41. The Morgan fingerprint density at radius 1 is 1.31 bits per heavy atom. The smallest absolute Gasteiger partial charge is 0.221 e. The van der Waals surface area contributed by atoms with Gasteiger partial charge < -0.3 is 10.6 Å². The quantitative estimate of drug-likeness (QED) is 0.582. The Hall–Kier alpha value is -2.69. The number of benzene rings is 2. The fraction of sp³-hybridized carbons (Fsp3) is 0.0556. The summed E-state index contributed by atoms with van der Waals surface area (Å²) in [6.45, 7) is 1.40. The normalized spacial score (nSPS) is 10.4. The number of fused-ring (bicyclic) bond motifs is 1. The molecule has 3 rings (SSSR count). The van der Waals surface area contributed by atoms with Crippen LogP contribution < -0.4 is 10.6 Å². The highest BCUT2D eigenvalue weighted by atomic mass is 79.9. The van der Waals surface area contributed by atoms with Gasteiger partial charge in [0.05, 0.1) is 21.8 Å². The van der Waals surface area contributed by atoms with Gasteiger partial charge in [-0.25, -0.2) is 4.39 Å². The minimum Gasteiger partial charge on any atom is -0.354 e. The molecule has 3 aromatic rings. The van der Waals surface area contributed by atoms with Crippen LogP contribution in [0.3, 0.4) is 0 Å². The zero-order valence-corrected chi connectivity index (χ0v) is 15.7. The van der Waals surface area contributed by atoms with Gasteiger partial charge in [0.1, 0.15) is 11.9 Å². The zero-order valence-electron chi connectivity index (χ0n) is 13.4. The molecule has 1 heterocycles. The second-order valence-electron chi connectivity index (χ2n) is 5.45. The van der Waals surface area contributed by atoms with Gasteiger partial charge in [-0.1, -0.05) is 11.6 Å². The van der Waals surface area contributed by atoms with Gasteiger partial charge in [-0.3, -0.25) is 9.78 Å². The Bertz CT molecular complexity index is 1080. The van der Waals surface area contributed by atoms with E-state index in [2.05, 4.69) is 37.6 Å². The molecule has 2 aromatic carbocycles. The summed E-state index contributed by atoms with van der Waals surface area (Å²) in [5, 5.41) is 15.8. The Morgan fingerprint density at radius 2 is 2.08 bits per heavy atom. The summed E-state index contributed by atoms with van der Waals surface area (Å²) in [5.74, 6) is -0.756. The molecule has 0 unspecified atom stereocenters. The topological polar surface area (TPSA) is 77.8 Å². The Labute approximate surface area is 161 Å². The lowest BCUT2D eigenvalue weighted by Gasteiger charge is -2.14. The molecule has 0 atom stereocenters. The minimum atomic E-state index is -0.534. The maximum absolute atomic E-state index is 13.4. The number of nitriles is 1. The molecule has 0 saturated carbocycles. The van der Waals surface area contributed by atoms with Gasteiger partial charge in [0, 0.05) is 34.4 Å². The van der Waals surface area contributed by atoms with E-state index in [1.165, 1.54) is 31.3 Å². The zero-order chi connectivity index (χ0) is 18.8. The van der Waals surface area contributed by atoms with E-state index in [1.54, 1.807) is 12.1 Å². The summed E-state index contributed by atoms with van der Waals surface area (Å²) in [5.41, 5.74) is 2.45. The number of hydrogen-bond donors (Lipinski definition) is 2. The van der Waals surface area contributed by atoms with Gasteiger partial charge in [0.2, 0.25) is 5.91 Å². The van der Waals surface area contributed by atoms with Crippen LogP contribution >= 0.6 is 27.5 Å².